The zero-order valence-corrected chi connectivity index (χ0v) is 9.13. The Hall–Kier alpha value is -1.00. The molecular formula is C12H15F2NO. The van der Waals surface area contributed by atoms with Crippen molar-refractivity contribution < 1.29 is 13.9 Å². The van der Waals surface area contributed by atoms with E-state index in [1.54, 1.807) is 0 Å². The Kier molecular flexibility index (Phi) is 3.21. The second kappa shape index (κ2) is 4.47. The van der Waals surface area contributed by atoms with E-state index in [9.17, 15) is 8.78 Å². The van der Waals surface area contributed by atoms with Crippen LogP contribution in [-0.4, -0.2) is 17.8 Å². The summed E-state index contributed by atoms with van der Waals surface area (Å²) in [6.45, 7) is 1.80. The Labute approximate surface area is 93.3 Å². The van der Waals surface area contributed by atoms with E-state index in [1.807, 2.05) is 6.92 Å². The normalized spacial score (nSPS) is 20.9. The molecule has 2 rings (SSSR count). The molecule has 16 heavy (non-hydrogen) atoms. The van der Waals surface area contributed by atoms with Crippen molar-refractivity contribution in [2.75, 3.05) is 6.61 Å². The van der Waals surface area contributed by atoms with Gasteiger partial charge in [0.1, 0.15) is 11.6 Å². The summed E-state index contributed by atoms with van der Waals surface area (Å²) in [4.78, 5) is 0. The Bertz CT molecular complexity index is 395. The van der Waals surface area contributed by atoms with E-state index in [0.717, 1.165) is 6.07 Å². The lowest BCUT2D eigenvalue weighted by Crippen LogP contribution is -2.32. The summed E-state index contributed by atoms with van der Waals surface area (Å²) in [5.74, 6) is -0.700. The first-order valence-electron chi connectivity index (χ1n) is 5.47. The third kappa shape index (κ3) is 1.95. The average molecular weight is 227 g/mol. The first-order valence-corrected chi connectivity index (χ1v) is 5.47. The van der Waals surface area contributed by atoms with Gasteiger partial charge >= 0.3 is 0 Å². The summed E-state index contributed by atoms with van der Waals surface area (Å²) in [6, 6.07) is 2.04. The lowest BCUT2D eigenvalue weighted by Gasteiger charge is -2.19. The predicted octanol–water partition coefficient (Wildman–Crippen LogP) is 1.92. The third-order valence-corrected chi connectivity index (χ3v) is 3.04. The van der Waals surface area contributed by atoms with E-state index in [1.165, 1.54) is 6.07 Å². The van der Waals surface area contributed by atoms with Crippen LogP contribution in [0.4, 0.5) is 8.78 Å². The molecule has 2 N–H and O–H groups in total. The van der Waals surface area contributed by atoms with E-state index < -0.39 is 0 Å². The van der Waals surface area contributed by atoms with E-state index in [0.29, 0.717) is 24.0 Å². The molecule has 0 bridgehead atoms. The molecule has 0 saturated carbocycles. The second-order valence-corrected chi connectivity index (χ2v) is 4.26. The number of fused-ring (bicyclic) bond motifs is 1. The highest BCUT2D eigenvalue weighted by Gasteiger charge is 2.28. The molecule has 88 valence electrons. The largest absolute Gasteiger partial charge is 0.395 e. The van der Waals surface area contributed by atoms with Gasteiger partial charge in [0.2, 0.25) is 0 Å². The summed E-state index contributed by atoms with van der Waals surface area (Å²) in [5.41, 5.74) is 0.905. The van der Waals surface area contributed by atoms with Crippen molar-refractivity contribution in [1.82, 2.24) is 5.32 Å². The summed E-state index contributed by atoms with van der Waals surface area (Å²) in [6.07, 6.45) is 1.23. The van der Waals surface area contributed by atoms with E-state index >= 15 is 0 Å². The topological polar surface area (TPSA) is 32.3 Å². The maximum atomic E-state index is 13.6. The molecule has 0 radical (unpaired) electrons. The zero-order chi connectivity index (χ0) is 11.7. The van der Waals surface area contributed by atoms with Crippen LogP contribution in [0.5, 0.6) is 0 Å². The third-order valence-electron chi connectivity index (χ3n) is 3.04. The number of nitrogens with one attached hydrogen (secondary N) is 1. The van der Waals surface area contributed by atoms with Crippen LogP contribution in [0, 0.1) is 11.6 Å². The van der Waals surface area contributed by atoms with E-state index in [-0.39, 0.29) is 30.3 Å². The molecule has 0 aromatic heterocycles. The van der Waals surface area contributed by atoms with Crippen LogP contribution in [0.1, 0.15) is 30.5 Å². The molecule has 1 aliphatic carbocycles. The molecule has 2 nitrogen and oxygen atoms in total. The Morgan fingerprint density at radius 1 is 1.44 bits per heavy atom. The molecule has 2 atom stereocenters. The molecule has 1 unspecified atom stereocenters. The molecule has 1 aromatic carbocycles. The fourth-order valence-corrected chi connectivity index (χ4v) is 2.24. The molecule has 0 heterocycles. The van der Waals surface area contributed by atoms with Gasteiger partial charge in [-0.3, -0.25) is 0 Å². The molecular weight excluding hydrogens is 212 g/mol. The standard InChI is InChI=1S/C12H15F2NO/c1-7(6-16)15-11-5-2-8-9(13)3-4-10(14)12(8)11/h3-4,7,11,15-16H,2,5-6H2,1H3/t7-,11?/m0/s1. The van der Waals surface area contributed by atoms with Crippen molar-refractivity contribution in [2.24, 2.45) is 0 Å². The fourth-order valence-electron chi connectivity index (χ4n) is 2.24. The first kappa shape index (κ1) is 11.5. The van der Waals surface area contributed by atoms with Gasteiger partial charge in [0.25, 0.3) is 0 Å². The summed E-state index contributed by atoms with van der Waals surface area (Å²) < 4.78 is 27.0. The van der Waals surface area contributed by atoms with Gasteiger partial charge < -0.3 is 10.4 Å². The second-order valence-electron chi connectivity index (χ2n) is 4.26. The highest BCUT2D eigenvalue weighted by Crippen LogP contribution is 2.34. The smallest absolute Gasteiger partial charge is 0.128 e. The molecule has 4 heteroatoms. The van der Waals surface area contributed by atoms with Crippen molar-refractivity contribution in [3.8, 4) is 0 Å². The number of benzene rings is 1. The minimum absolute atomic E-state index is 0.0111. The van der Waals surface area contributed by atoms with Gasteiger partial charge in [-0.05, 0) is 37.5 Å². The molecule has 1 aromatic rings. The van der Waals surface area contributed by atoms with Gasteiger partial charge in [0, 0.05) is 17.6 Å². The van der Waals surface area contributed by atoms with Gasteiger partial charge in [0.15, 0.2) is 0 Å². The maximum absolute atomic E-state index is 13.6. The first-order chi connectivity index (χ1) is 7.63. The number of hydrogen-bond acceptors (Lipinski definition) is 2. The van der Waals surface area contributed by atoms with Crippen LogP contribution >= 0.6 is 0 Å². The number of hydrogen-bond donors (Lipinski definition) is 2. The quantitative estimate of drug-likeness (QED) is 0.827. The van der Waals surface area contributed by atoms with E-state index in [2.05, 4.69) is 5.32 Å². The molecule has 0 aliphatic heterocycles. The molecule has 1 aliphatic rings. The number of rotatable bonds is 3. The highest BCUT2D eigenvalue weighted by atomic mass is 19.1. The summed E-state index contributed by atoms with van der Waals surface area (Å²) >= 11 is 0. The molecule has 0 spiro atoms. The number of aliphatic hydroxyl groups excluding tert-OH is 1. The molecule has 0 saturated heterocycles. The minimum Gasteiger partial charge on any atom is -0.395 e. The van der Waals surface area contributed by atoms with Crippen molar-refractivity contribution in [3.05, 3.63) is 34.9 Å². The Morgan fingerprint density at radius 2 is 2.12 bits per heavy atom. The fraction of sp³-hybridized carbons (Fsp3) is 0.500. The van der Waals surface area contributed by atoms with Crippen LogP contribution in [0.25, 0.3) is 0 Å². The molecule has 0 fully saturated rings. The van der Waals surface area contributed by atoms with Crippen LogP contribution in [0.15, 0.2) is 12.1 Å². The van der Waals surface area contributed by atoms with Crippen molar-refractivity contribution in [3.63, 3.8) is 0 Å². The van der Waals surface area contributed by atoms with Crippen molar-refractivity contribution in [2.45, 2.75) is 31.8 Å². The number of aliphatic hydroxyl groups is 1. The van der Waals surface area contributed by atoms with Gasteiger partial charge in [-0.1, -0.05) is 0 Å². The predicted molar refractivity (Wildman–Crippen MR) is 57.1 cm³/mol. The summed E-state index contributed by atoms with van der Waals surface area (Å²) in [7, 11) is 0. The van der Waals surface area contributed by atoms with Crippen LogP contribution in [-0.2, 0) is 6.42 Å². The Balaban J connectivity index is 2.28. The molecule has 0 amide bonds. The zero-order valence-electron chi connectivity index (χ0n) is 9.13. The Morgan fingerprint density at radius 3 is 2.81 bits per heavy atom. The van der Waals surface area contributed by atoms with Crippen molar-refractivity contribution >= 4 is 0 Å². The maximum Gasteiger partial charge on any atom is 0.128 e. The van der Waals surface area contributed by atoms with Crippen LogP contribution < -0.4 is 5.32 Å². The van der Waals surface area contributed by atoms with Crippen LogP contribution in [0.2, 0.25) is 0 Å². The van der Waals surface area contributed by atoms with Gasteiger partial charge in [-0.15, -0.1) is 0 Å². The van der Waals surface area contributed by atoms with Gasteiger partial charge in [-0.25, -0.2) is 8.78 Å². The monoisotopic (exact) mass is 227 g/mol. The lowest BCUT2D eigenvalue weighted by molar-refractivity contribution is 0.240. The SMILES string of the molecule is C[C@@H](CO)NC1CCc2c(F)ccc(F)c21. The van der Waals surface area contributed by atoms with Crippen molar-refractivity contribution in [1.29, 1.82) is 0 Å². The number of halogens is 2. The highest BCUT2D eigenvalue weighted by molar-refractivity contribution is 5.37. The van der Waals surface area contributed by atoms with Crippen LogP contribution in [0.3, 0.4) is 0 Å². The van der Waals surface area contributed by atoms with E-state index in [4.69, 9.17) is 5.11 Å². The minimum atomic E-state index is -0.364. The van der Waals surface area contributed by atoms with Gasteiger partial charge in [0.05, 0.1) is 6.61 Å². The summed E-state index contributed by atoms with van der Waals surface area (Å²) in [5, 5.41) is 12.0. The van der Waals surface area contributed by atoms with Gasteiger partial charge in [-0.2, -0.15) is 0 Å². The average Bonchev–Trinajstić information content (AvgIpc) is 2.68. The lowest BCUT2D eigenvalue weighted by atomic mass is 10.1.